The first-order valence-corrected chi connectivity index (χ1v) is 6.97. The molecule has 0 saturated carbocycles. The molecule has 0 aliphatic carbocycles. The fourth-order valence-corrected chi connectivity index (χ4v) is 2.06. The number of hydrazone groups is 1. The van der Waals surface area contributed by atoms with Crippen molar-refractivity contribution in [3.63, 3.8) is 0 Å². The van der Waals surface area contributed by atoms with Crippen LogP contribution in [0, 0.1) is 5.92 Å². The number of hydrogen-bond acceptors (Lipinski definition) is 4. The smallest absolute Gasteiger partial charge is 0.321 e. The van der Waals surface area contributed by atoms with Crippen LogP contribution in [0.4, 0.5) is 4.79 Å². The normalized spacial score (nSPS) is 21.8. The standard InChI is InChI=1S/C13H13BrN4O3/c1-7-10(12(20)17-13(21)16-7)6-15-18-11(19)8-2-4-9(14)5-3-8/h2-7,10H,1H3,(H,18,19)(H2,16,17,20,21)/b15-6+. The number of carbonyl (C=O) groups excluding carboxylic acids is 3. The van der Waals surface area contributed by atoms with Crippen LogP contribution < -0.4 is 16.1 Å². The van der Waals surface area contributed by atoms with E-state index in [2.05, 4.69) is 37.1 Å². The van der Waals surface area contributed by atoms with E-state index in [1.165, 1.54) is 6.21 Å². The quantitative estimate of drug-likeness (QED) is 0.559. The highest BCUT2D eigenvalue weighted by atomic mass is 79.9. The molecule has 0 radical (unpaired) electrons. The van der Waals surface area contributed by atoms with Crippen LogP contribution in [0.2, 0.25) is 0 Å². The van der Waals surface area contributed by atoms with Crippen LogP contribution in [0.3, 0.4) is 0 Å². The minimum absolute atomic E-state index is 0.383. The Morgan fingerprint density at radius 3 is 2.62 bits per heavy atom. The van der Waals surface area contributed by atoms with Crippen molar-refractivity contribution in [3.8, 4) is 0 Å². The number of urea groups is 1. The Bertz CT molecular complexity index is 600. The van der Waals surface area contributed by atoms with E-state index in [1.807, 2.05) is 0 Å². The van der Waals surface area contributed by atoms with Crippen molar-refractivity contribution >= 4 is 40.0 Å². The zero-order chi connectivity index (χ0) is 15.4. The first-order chi connectivity index (χ1) is 9.97. The van der Waals surface area contributed by atoms with Crippen molar-refractivity contribution in [2.75, 3.05) is 0 Å². The third kappa shape index (κ3) is 3.88. The minimum atomic E-state index is -0.632. The lowest BCUT2D eigenvalue weighted by Crippen LogP contribution is -2.57. The highest BCUT2D eigenvalue weighted by Crippen LogP contribution is 2.10. The maximum absolute atomic E-state index is 11.8. The summed E-state index contributed by atoms with van der Waals surface area (Å²) in [5.74, 6) is -1.47. The SMILES string of the molecule is CC1NC(=O)NC(=O)C1/C=N/NC(=O)c1ccc(Br)cc1. The Hall–Kier alpha value is -2.22. The zero-order valence-corrected chi connectivity index (χ0v) is 12.7. The van der Waals surface area contributed by atoms with Crippen LogP contribution in [-0.4, -0.2) is 30.1 Å². The van der Waals surface area contributed by atoms with Gasteiger partial charge >= 0.3 is 6.03 Å². The number of rotatable bonds is 3. The molecule has 110 valence electrons. The predicted molar refractivity (Wildman–Crippen MR) is 79.7 cm³/mol. The number of hydrogen-bond donors (Lipinski definition) is 3. The van der Waals surface area contributed by atoms with E-state index in [-0.39, 0.29) is 11.9 Å². The molecule has 1 aliphatic heterocycles. The summed E-state index contributed by atoms with van der Waals surface area (Å²) in [5.41, 5.74) is 2.79. The molecule has 1 saturated heterocycles. The Balaban J connectivity index is 1.95. The highest BCUT2D eigenvalue weighted by molar-refractivity contribution is 9.10. The number of halogens is 1. The third-order valence-corrected chi connectivity index (χ3v) is 3.47. The van der Waals surface area contributed by atoms with Gasteiger partial charge in [-0.1, -0.05) is 15.9 Å². The molecule has 1 fully saturated rings. The highest BCUT2D eigenvalue weighted by Gasteiger charge is 2.31. The van der Waals surface area contributed by atoms with Gasteiger partial charge in [-0.15, -0.1) is 0 Å². The average Bonchev–Trinajstić information content (AvgIpc) is 2.42. The second-order valence-corrected chi connectivity index (χ2v) is 5.42. The fourth-order valence-electron chi connectivity index (χ4n) is 1.79. The van der Waals surface area contributed by atoms with Gasteiger partial charge in [-0.05, 0) is 31.2 Å². The van der Waals surface area contributed by atoms with Crippen LogP contribution in [0.25, 0.3) is 0 Å². The topological polar surface area (TPSA) is 99.7 Å². The third-order valence-electron chi connectivity index (χ3n) is 2.94. The van der Waals surface area contributed by atoms with Gasteiger partial charge < -0.3 is 5.32 Å². The second-order valence-electron chi connectivity index (χ2n) is 4.50. The first kappa shape index (κ1) is 15.2. The van der Waals surface area contributed by atoms with E-state index in [9.17, 15) is 14.4 Å². The van der Waals surface area contributed by atoms with Gasteiger partial charge in [-0.25, -0.2) is 10.2 Å². The Labute approximate surface area is 129 Å². The fraction of sp³-hybridized carbons (Fsp3) is 0.231. The van der Waals surface area contributed by atoms with Gasteiger partial charge in [0.25, 0.3) is 5.91 Å². The van der Waals surface area contributed by atoms with Gasteiger partial charge in [0.1, 0.15) is 0 Å². The number of imide groups is 1. The molecule has 0 bridgehead atoms. The summed E-state index contributed by atoms with van der Waals surface area (Å²) in [4.78, 5) is 34.5. The van der Waals surface area contributed by atoms with Gasteiger partial charge in [0, 0.05) is 22.3 Å². The van der Waals surface area contributed by atoms with Crippen LogP contribution >= 0.6 is 15.9 Å². The van der Waals surface area contributed by atoms with Gasteiger partial charge in [0.15, 0.2) is 0 Å². The summed E-state index contributed by atoms with van der Waals surface area (Å²) in [6.45, 7) is 1.68. The van der Waals surface area contributed by atoms with Gasteiger partial charge in [0.05, 0.1) is 5.92 Å². The minimum Gasteiger partial charge on any atom is -0.334 e. The van der Waals surface area contributed by atoms with Crippen LogP contribution in [-0.2, 0) is 4.79 Å². The van der Waals surface area contributed by atoms with E-state index in [4.69, 9.17) is 0 Å². The molecule has 1 aliphatic rings. The first-order valence-electron chi connectivity index (χ1n) is 6.18. The van der Waals surface area contributed by atoms with Gasteiger partial charge in [-0.3, -0.25) is 14.9 Å². The van der Waals surface area contributed by atoms with E-state index in [0.717, 1.165) is 4.47 Å². The molecule has 21 heavy (non-hydrogen) atoms. The van der Waals surface area contributed by atoms with E-state index in [1.54, 1.807) is 31.2 Å². The van der Waals surface area contributed by atoms with Gasteiger partial charge in [-0.2, -0.15) is 5.10 Å². The van der Waals surface area contributed by atoms with Crippen molar-refractivity contribution in [1.29, 1.82) is 0 Å². The van der Waals surface area contributed by atoms with Crippen molar-refractivity contribution in [3.05, 3.63) is 34.3 Å². The monoisotopic (exact) mass is 352 g/mol. The van der Waals surface area contributed by atoms with E-state index in [0.29, 0.717) is 5.56 Å². The number of amides is 4. The molecule has 2 rings (SSSR count). The maximum atomic E-state index is 11.8. The summed E-state index contributed by atoms with van der Waals surface area (Å²) in [7, 11) is 0. The molecule has 1 aromatic carbocycles. The lowest BCUT2D eigenvalue weighted by atomic mass is 10.0. The number of nitrogens with zero attached hydrogens (tertiary/aromatic N) is 1. The lowest BCUT2D eigenvalue weighted by Gasteiger charge is -2.25. The average molecular weight is 353 g/mol. The lowest BCUT2D eigenvalue weighted by molar-refractivity contribution is -0.123. The summed E-state index contributed by atoms with van der Waals surface area (Å²) < 4.78 is 0.867. The summed E-state index contributed by atoms with van der Waals surface area (Å²) >= 11 is 3.28. The number of nitrogens with one attached hydrogen (secondary N) is 3. The molecule has 1 aromatic rings. The molecule has 7 nitrogen and oxygen atoms in total. The molecule has 2 atom stereocenters. The molecule has 4 amide bonds. The molecule has 8 heteroatoms. The molecular weight excluding hydrogens is 340 g/mol. The van der Waals surface area contributed by atoms with Crippen LogP contribution in [0.15, 0.2) is 33.8 Å². The van der Waals surface area contributed by atoms with Gasteiger partial charge in [0.2, 0.25) is 5.91 Å². The second kappa shape index (κ2) is 6.49. The van der Waals surface area contributed by atoms with Crippen molar-refractivity contribution in [2.45, 2.75) is 13.0 Å². The molecule has 0 spiro atoms. The summed E-state index contributed by atoms with van der Waals surface area (Å²) in [5, 5.41) is 8.46. The number of benzene rings is 1. The number of carbonyl (C=O) groups is 3. The zero-order valence-electron chi connectivity index (χ0n) is 11.1. The van der Waals surface area contributed by atoms with Crippen molar-refractivity contribution < 1.29 is 14.4 Å². The van der Waals surface area contributed by atoms with E-state index >= 15 is 0 Å². The van der Waals surface area contributed by atoms with Crippen LogP contribution in [0.5, 0.6) is 0 Å². The van der Waals surface area contributed by atoms with E-state index < -0.39 is 17.9 Å². The summed E-state index contributed by atoms with van der Waals surface area (Å²) in [6.07, 6.45) is 1.30. The molecule has 0 aromatic heterocycles. The Kier molecular flexibility index (Phi) is 4.69. The molecular formula is C13H13BrN4O3. The predicted octanol–water partition coefficient (Wildman–Crippen LogP) is 1.01. The summed E-state index contributed by atoms with van der Waals surface area (Å²) in [6, 6.07) is 5.85. The molecule has 1 heterocycles. The molecule has 2 unspecified atom stereocenters. The van der Waals surface area contributed by atoms with Crippen LogP contribution in [0.1, 0.15) is 17.3 Å². The molecule has 3 N–H and O–H groups in total. The maximum Gasteiger partial charge on any atom is 0.321 e. The Morgan fingerprint density at radius 2 is 2.00 bits per heavy atom. The van der Waals surface area contributed by atoms with Crippen molar-refractivity contribution in [2.24, 2.45) is 11.0 Å². The largest absolute Gasteiger partial charge is 0.334 e. The Morgan fingerprint density at radius 1 is 1.33 bits per heavy atom. The van der Waals surface area contributed by atoms with Crippen molar-refractivity contribution in [1.82, 2.24) is 16.1 Å².